The Bertz CT molecular complexity index is 894. The van der Waals surface area contributed by atoms with Crippen molar-refractivity contribution in [2.24, 2.45) is 22.6 Å². The second-order valence-corrected chi connectivity index (χ2v) is 9.34. The highest BCUT2D eigenvalue weighted by atomic mass is 16.5. The lowest BCUT2D eigenvalue weighted by Gasteiger charge is -2.37. The zero-order valence-electron chi connectivity index (χ0n) is 19.4. The fraction of sp³-hybridized carbons (Fsp3) is 0.538. The molecule has 0 radical (unpaired) electrons. The predicted octanol–water partition coefficient (Wildman–Crippen LogP) is 5.65. The number of para-hydroxylation sites is 1. The summed E-state index contributed by atoms with van der Waals surface area (Å²) in [4.78, 5) is 11.2. The molecule has 1 saturated carbocycles. The van der Waals surface area contributed by atoms with Crippen molar-refractivity contribution in [2.45, 2.75) is 65.0 Å². The number of aliphatic imine (C=N–C) groups is 1. The molecule has 1 aliphatic heterocycles. The second-order valence-electron chi connectivity index (χ2n) is 9.34. The second kappa shape index (κ2) is 10.8. The van der Waals surface area contributed by atoms with Gasteiger partial charge in [-0.3, -0.25) is 0 Å². The molecule has 6 nitrogen and oxygen atoms in total. The van der Waals surface area contributed by atoms with Gasteiger partial charge in [-0.15, -0.1) is 0 Å². The average molecular weight is 437 g/mol. The molecule has 4 rings (SSSR count). The fourth-order valence-electron chi connectivity index (χ4n) is 4.67. The average Bonchev–Trinajstić information content (AvgIpc) is 2.80. The molecule has 0 amide bonds. The van der Waals surface area contributed by atoms with E-state index in [-0.39, 0.29) is 6.04 Å². The van der Waals surface area contributed by atoms with E-state index in [1.54, 1.807) is 6.20 Å². The third-order valence-electron chi connectivity index (χ3n) is 6.63. The van der Waals surface area contributed by atoms with Crippen molar-refractivity contribution in [3.05, 3.63) is 48.2 Å². The number of benzene rings is 1. The molecule has 0 unspecified atom stereocenters. The highest BCUT2D eigenvalue weighted by molar-refractivity contribution is 5.83. The lowest BCUT2D eigenvalue weighted by molar-refractivity contribution is 0.0537. The Labute approximate surface area is 191 Å². The van der Waals surface area contributed by atoms with Crippen LogP contribution in [0.15, 0.2) is 47.6 Å². The summed E-state index contributed by atoms with van der Waals surface area (Å²) in [6, 6.07) is 11.8. The van der Waals surface area contributed by atoms with E-state index >= 15 is 0 Å². The largest absolute Gasteiger partial charge is 0.439 e. The molecule has 1 fully saturated rings. The normalized spacial score (nSPS) is 17.7. The molecule has 2 N–H and O–H groups in total. The number of rotatable bonds is 9. The Balaban J connectivity index is 1.39. The van der Waals surface area contributed by atoms with Gasteiger partial charge in [-0.2, -0.15) is 0 Å². The number of hydrogen-bond donors (Lipinski definition) is 1. The van der Waals surface area contributed by atoms with E-state index in [9.17, 15) is 0 Å². The van der Waals surface area contributed by atoms with Gasteiger partial charge in [0.05, 0.1) is 24.5 Å². The number of nitrogens with zero attached hydrogens (tertiary/aromatic N) is 3. The van der Waals surface area contributed by atoms with Crippen LogP contribution in [0, 0.1) is 11.8 Å². The van der Waals surface area contributed by atoms with Crippen LogP contribution in [-0.2, 0) is 11.3 Å². The maximum atomic E-state index is 6.38. The molecule has 172 valence electrons. The Kier molecular flexibility index (Phi) is 7.63. The van der Waals surface area contributed by atoms with Crippen LogP contribution < -0.4 is 10.5 Å². The molecule has 32 heavy (non-hydrogen) atoms. The molecule has 1 atom stereocenters. The third kappa shape index (κ3) is 5.80. The summed E-state index contributed by atoms with van der Waals surface area (Å²) in [5.41, 5.74) is 8.25. The van der Waals surface area contributed by atoms with E-state index in [0.717, 1.165) is 29.5 Å². The highest BCUT2D eigenvalue weighted by Gasteiger charge is 2.28. The molecule has 0 saturated heterocycles. The summed E-state index contributed by atoms with van der Waals surface area (Å²) < 4.78 is 12.1. The summed E-state index contributed by atoms with van der Waals surface area (Å²) in [5, 5.41) is 0. The summed E-state index contributed by atoms with van der Waals surface area (Å²) in [6.07, 6.45) is 9.79. The van der Waals surface area contributed by atoms with Crippen molar-refractivity contribution in [1.29, 1.82) is 0 Å². The fourth-order valence-corrected chi connectivity index (χ4v) is 4.67. The zero-order valence-corrected chi connectivity index (χ0v) is 19.4. The Hall–Kier alpha value is -2.60. The first-order valence-corrected chi connectivity index (χ1v) is 12.0. The topological polar surface area (TPSA) is 73.0 Å². The van der Waals surface area contributed by atoms with Crippen LogP contribution in [0.4, 0.5) is 5.69 Å². The van der Waals surface area contributed by atoms with Gasteiger partial charge in [-0.1, -0.05) is 64.2 Å². The Morgan fingerprint density at radius 1 is 1.12 bits per heavy atom. The van der Waals surface area contributed by atoms with Gasteiger partial charge < -0.3 is 20.1 Å². The van der Waals surface area contributed by atoms with Crippen molar-refractivity contribution in [3.63, 3.8) is 0 Å². The minimum absolute atomic E-state index is 0.171. The van der Waals surface area contributed by atoms with Gasteiger partial charge >= 0.3 is 0 Å². The summed E-state index contributed by atoms with van der Waals surface area (Å²) >= 11 is 0. The van der Waals surface area contributed by atoms with Crippen LogP contribution in [0.2, 0.25) is 0 Å². The van der Waals surface area contributed by atoms with Gasteiger partial charge in [0.1, 0.15) is 5.75 Å². The number of aromatic nitrogens is 1. The first kappa shape index (κ1) is 22.6. The van der Waals surface area contributed by atoms with E-state index in [0.29, 0.717) is 30.9 Å². The molecule has 1 aromatic heterocycles. The molecule has 1 aliphatic carbocycles. The maximum absolute atomic E-state index is 6.38. The lowest BCUT2D eigenvalue weighted by Crippen LogP contribution is -2.50. The van der Waals surface area contributed by atoms with Gasteiger partial charge in [0.2, 0.25) is 5.88 Å². The number of fused-ring (bicyclic) bond motifs is 1. The van der Waals surface area contributed by atoms with Crippen LogP contribution >= 0.6 is 0 Å². The first-order chi connectivity index (χ1) is 15.6. The van der Waals surface area contributed by atoms with Crippen LogP contribution in [0.1, 0.15) is 57.9 Å². The minimum atomic E-state index is 0.171. The number of guanidine groups is 1. The molecule has 2 heterocycles. The molecule has 1 aromatic carbocycles. The quantitative estimate of drug-likeness (QED) is 0.515. The number of nitrogens with two attached hydrogens (primary N) is 1. The molecule has 0 bridgehead atoms. The lowest BCUT2D eigenvalue weighted by atomic mass is 9.87. The smallest absolute Gasteiger partial charge is 0.219 e. The molecule has 2 aliphatic rings. The van der Waals surface area contributed by atoms with Crippen LogP contribution in [-0.4, -0.2) is 35.1 Å². The summed E-state index contributed by atoms with van der Waals surface area (Å²) in [7, 11) is 0. The monoisotopic (exact) mass is 436 g/mol. The molecule has 0 spiro atoms. The molecular formula is C26H36N4O2. The van der Waals surface area contributed by atoms with Crippen molar-refractivity contribution in [2.75, 3.05) is 13.2 Å². The maximum Gasteiger partial charge on any atom is 0.219 e. The molecule has 6 heteroatoms. The van der Waals surface area contributed by atoms with Crippen molar-refractivity contribution >= 4 is 11.6 Å². The van der Waals surface area contributed by atoms with E-state index in [1.165, 1.54) is 38.5 Å². The van der Waals surface area contributed by atoms with Crippen LogP contribution in [0.3, 0.4) is 0 Å². The summed E-state index contributed by atoms with van der Waals surface area (Å²) in [5.74, 6) is 3.09. The van der Waals surface area contributed by atoms with Crippen LogP contribution in [0.5, 0.6) is 11.6 Å². The van der Waals surface area contributed by atoms with Gasteiger partial charge in [0.25, 0.3) is 0 Å². The standard InChI is InChI=1S/C26H36N4O2/c1-19(2)24(18-31-14-13-20-9-5-3-6-10-20)30-17-21-15-25(28-16-23(21)29-26(30)27)32-22-11-7-4-8-12-22/h4,7-8,11-12,15-16,19-20,24H,3,5-6,9-10,13-14,17-18H2,1-2H3,(H2,27,29)/t24-/m0/s1. The van der Waals surface area contributed by atoms with Crippen molar-refractivity contribution in [3.8, 4) is 11.6 Å². The Morgan fingerprint density at radius 2 is 1.91 bits per heavy atom. The zero-order chi connectivity index (χ0) is 22.3. The van der Waals surface area contributed by atoms with E-state index in [4.69, 9.17) is 15.2 Å². The first-order valence-electron chi connectivity index (χ1n) is 12.0. The summed E-state index contributed by atoms with van der Waals surface area (Å²) in [6.45, 7) is 6.60. The van der Waals surface area contributed by atoms with Crippen molar-refractivity contribution < 1.29 is 9.47 Å². The van der Waals surface area contributed by atoms with E-state index in [1.807, 2.05) is 36.4 Å². The van der Waals surface area contributed by atoms with Gasteiger partial charge in [0, 0.05) is 24.8 Å². The van der Waals surface area contributed by atoms with Gasteiger partial charge in [-0.05, 0) is 30.4 Å². The van der Waals surface area contributed by atoms with Gasteiger partial charge in [-0.25, -0.2) is 9.98 Å². The predicted molar refractivity (Wildman–Crippen MR) is 128 cm³/mol. The number of ether oxygens (including phenoxy) is 2. The number of pyridine rings is 1. The molecular weight excluding hydrogens is 400 g/mol. The SMILES string of the molecule is CC(C)[C@H](COCCC1CCCCC1)N1Cc2cc(Oc3ccccc3)ncc2N=C1N. The third-order valence-corrected chi connectivity index (χ3v) is 6.63. The van der Waals surface area contributed by atoms with E-state index < -0.39 is 0 Å². The molecule has 2 aromatic rings. The minimum Gasteiger partial charge on any atom is -0.439 e. The van der Waals surface area contributed by atoms with Gasteiger partial charge in [0.15, 0.2) is 5.96 Å². The van der Waals surface area contributed by atoms with E-state index in [2.05, 4.69) is 28.7 Å². The highest BCUT2D eigenvalue weighted by Crippen LogP contribution is 2.31. The van der Waals surface area contributed by atoms with Crippen molar-refractivity contribution in [1.82, 2.24) is 9.88 Å². The van der Waals surface area contributed by atoms with Crippen LogP contribution in [0.25, 0.3) is 0 Å². The Morgan fingerprint density at radius 3 is 2.66 bits per heavy atom. The number of hydrogen-bond acceptors (Lipinski definition) is 6.